The molecule has 18 nitrogen and oxygen atoms in total. The van der Waals surface area contributed by atoms with Crippen molar-refractivity contribution in [2.24, 2.45) is 15.3 Å². The quantitative estimate of drug-likeness (QED) is 0.0138. The minimum Gasteiger partial charge on any atom is -0.463 e. The number of azo groups is 1. The number of likely N-dealkylation sites (N-methyl/N-ethyl adjacent to an activating group) is 1. The highest BCUT2D eigenvalue weighted by atomic mass is 32.2. The first-order valence-corrected chi connectivity index (χ1v) is 31.1. The maximum atomic E-state index is 12.3. The molecule has 22 heteroatoms. The van der Waals surface area contributed by atoms with Gasteiger partial charge in [-0.25, -0.2) is 24.6 Å². The second kappa shape index (κ2) is 34.9. The molecular formula is C58H85N13O5S4. The van der Waals surface area contributed by atoms with Crippen LogP contribution >= 0.6 is 46.0 Å². The molecule has 80 heavy (non-hydrogen) atoms. The van der Waals surface area contributed by atoms with Gasteiger partial charge in [-0.1, -0.05) is 133 Å². The number of thiazole rings is 2. The second-order valence-corrected chi connectivity index (χ2v) is 24.2. The Hall–Kier alpha value is -6.07. The van der Waals surface area contributed by atoms with Crippen molar-refractivity contribution in [1.82, 2.24) is 24.3 Å². The van der Waals surface area contributed by atoms with Gasteiger partial charge in [0.2, 0.25) is 10.3 Å². The Kier molecular flexibility index (Phi) is 29.8. The van der Waals surface area contributed by atoms with E-state index in [1.165, 1.54) is 94.1 Å². The first kappa shape index (κ1) is 68.2. The molecule has 0 bridgehead atoms. The van der Waals surface area contributed by atoms with Gasteiger partial charge in [0.1, 0.15) is 13.1 Å². The van der Waals surface area contributed by atoms with Gasteiger partial charge in [-0.05, 0) is 91.5 Å². The number of nitrogens with zero attached hydrogens (tertiary/aromatic N) is 13. The van der Waals surface area contributed by atoms with Gasteiger partial charge < -0.3 is 24.2 Å². The maximum absolute atomic E-state index is 12.3. The fourth-order valence-electron chi connectivity index (χ4n) is 7.86. The fraction of sp³-hybridized carbons (Fsp3) is 0.586. The van der Waals surface area contributed by atoms with E-state index in [9.17, 15) is 14.4 Å². The van der Waals surface area contributed by atoms with E-state index in [1.54, 1.807) is 49.9 Å². The first-order valence-electron chi connectivity index (χ1n) is 27.7. The van der Waals surface area contributed by atoms with Crippen molar-refractivity contribution >= 4 is 107 Å². The third-order valence-electron chi connectivity index (χ3n) is 12.0. The summed E-state index contributed by atoms with van der Waals surface area (Å²) < 4.78 is 14.5. The van der Waals surface area contributed by atoms with Crippen molar-refractivity contribution in [3.05, 3.63) is 80.3 Å². The van der Waals surface area contributed by atoms with Crippen molar-refractivity contribution in [3.8, 4) is 0 Å². The number of aromatic nitrogens is 4. The number of anilines is 3. The highest BCUT2D eigenvalue weighted by Crippen LogP contribution is 2.41. The standard InChI is InChI=1S/C25H44N6S3.C17H22N4O2S.C16H19N3O3/c1-7-10-13-14-15-16-19-32-23-27-22(34-30-23)29-28-21-20(25(4,5)6)26-24(33-21)31(17-11-8-2)18-12-9-3;1-9-23-16(22)13(15(18-7)19-8)14-12(6)20-17(24-14)21(10(2)3)11(4)5;1-5-22-16(21)14-13(15(20)19(4)17-14)10-11-6-8-12(9-7-11)18(2)3/h7-19H2,1-6H3;10-11H,9H2,1-6H3;6-10H,5H2,1-4H3. The molecule has 4 heterocycles. The molecule has 1 aromatic carbocycles. The maximum Gasteiger partial charge on any atom is 0.535 e. The number of hydrazone groups is 1. The molecule has 0 saturated heterocycles. The molecular weight excluding hydrogens is 1090 g/mol. The molecule has 3 aromatic heterocycles. The number of rotatable bonds is 27. The lowest BCUT2D eigenvalue weighted by Gasteiger charge is -2.30. The predicted octanol–water partition coefficient (Wildman–Crippen LogP) is 15.2. The third-order valence-corrected chi connectivity index (χ3v) is 15.8. The lowest BCUT2D eigenvalue weighted by atomic mass is 9.93. The van der Waals surface area contributed by atoms with Crippen LogP contribution in [0.3, 0.4) is 0 Å². The van der Waals surface area contributed by atoms with E-state index in [-0.39, 0.29) is 59.3 Å². The molecule has 1 aliphatic rings. The molecule has 0 radical (unpaired) electrons. The normalized spacial score (nSPS) is 12.7. The molecule has 0 saturated carbocycles. The summed E-state index contributed by atoms with van der Waals surface area (Å²) in [5.41, 5.74) is 3.71. The van der Waals surface area contributed by atoms with Gasteiger partial charge in [0, 0.05) is 74.7 Å². The zero-order chi connectivity index (χ0) is 59.5. The average Bonchev–Trinajstić information content (AvgIpc) is 4.21. The lowest BCUT2D eigenvalue weighted by Crippen LogP contribution is -2.36. The Balaban J connectivity index is 0.000000325. The molecule has 1 amide bonds. The van der Waals surface area contributed by atoms with Gasteiger partial charge in [0.05, 0.1) is 35.1 Å². The molecule has 0 atom stereocenters. The van der Waals surface area contributed by atoms with E-state index in [2.05, 4.69) is 118 Å². The second-order valence-electron chi connectivity index (χ2n) is 20.5. The minimum absolute atomic E-state index is 0.00978. The van der Waals surface area contributed by atoms with Crippen molar-refractivity contribution in [2.75, 3.05) is 67.9 Å². The van der Waals surface area contributed by atoms with Crippen LogP contribution in [0, 0.1) is 20.1 Å². The smallest absolute Gasteiger partial charge is 0.463 e. The number of thioether (sulfide) groups is 1. The molecule has 0 unspecified atom stereocenters. The van der Waals surface area contributed by atoms with Crippen LogP contribution in [0.25, 0.3) is 21.3 Å². The van der Waals surface area contributed by atoms with Crippen molar-refractivity contribution < 1.29 is 23.9 Å². The number of amides is 1. The van der Waals surface area contributed by atoms with Gasteiger partial charge in [-0.2, -0.15) is 24.1 Å². The van der Waals surface area contributed by atoms with E-state index in [0.29, 0.717) is 15.7 Å². The Labute approximate surface area is 493 Å². The fourth-order valence-corrected chi connectivity index (χ4v) is 11.8. The summed E-state index contributed by atoms with van der Waals surface area (Å²) in [6.45, 7) is 43.6. The zero-order valence-electron chi connectivity index (χ0n) is 50.1. The van der Waals surface area contributed by atoms with Crippen LogP contribution < -0.4 is 14.7 Å². The molecule has 1 aliphatic heterocycles. The Bertz CT molecular complexity index is 2780. The number of unbranched alkanes of at least 4 members (excludes halogenated alkanes) is 7. The summed E-state index contributed by atoms with van der Waals surface area (Å²) in [5.74, 6) is -0.779. The molecule has 5 rings (SSSR count). The summed E-state index contributed by atoms with van der Waals surface area (Å²) >= 11 is 6.02. The summed E-state index contributed by atoms with van der Waals surface area (Å²) in [6, 6.07) is 8.13. The number of aryl methyl sites for hydroxylation is 1. The highest BCUT2D eigenvalue weighted by molar-refractivity contribution is 7.99. The summed E-state index contributed by atoms with van der Waals surface area (Å²) in [5, 5.41) is 18.3. The summed E-state index contributed by atoms with van der Waals surface area (Å²) in [7, 11) is 5.42. The van der Waals surface area contributed by atoms with Gasteiger partial charge in [0.25, 0.3) is 5.91 Å². The van der Waals surface area contributed by atoms with Crippen molar-refractivity contribution in [1.29, 1.82) is 0 Å². The van der Waals surface area contributed by atoms with Gasteiger partial charge in [-0.15, -0.1) is 10.2 Å². The largest absolute Gasteiger partial charge is 0.535 e. The van der Waals surface area contributed by atoms with Crippen molar-refractivity contribution in [2.45, 2.75) is 177 Å². The topological polar surface area (TPSA) is 180 Å². The van der Waals surface area contributed by atoms with E-state index >= 15 is 0 Å². The van der Waals surface area contributed by atoms with Crippen LogP contribution in [-0.4, -0.2) is 113 Å². The molecule has 0 N–H and O–H groups in total. The van der Waals surface area contributed by atoms with Gasteiger partial charge in [0.15, 0.2) is 26.5 Å². The number of ether oxygens (including phenoxy) is 2. The first-order chi connectivity index (χ1) is 38.1. The SMILES string of the molecule is CCCCCCCCSc1nsc(N=Nc2sc(N(CCCC)CCCC)nc2C(C)(C)C)n1.CCOC(=O)C1=NN(C)C(=O)C1=Cc1ccc(N(C)C)cc1.[C-]#[N+]C([N+]#[C-])=C(C(=O)OCC)c1sc(N(C(C)C)C(C)C)nc1C. The van der Waals surface area contributed by atoms with Crippen LogP contribution in [0.2, 0.25) is 0 Å². The van der Waals surface area contributed by atoms with E-state index in [0.717, 1.165) is 61.2 Å². The van der Waals surface area contributed by atoms with Crippen LogP contribution in [0.1, 0.15) is 169 Å². The number of benzene rings is 1. The summed E-state index contributed by atoms with van der Waals surface area (Å²) in [6.07, 6.45) is 14.2. The highest BCUT2D eigenvalue weighted by Gasteiger charge is 2.34. The molecule has 4 aromatic rings. The number of esters is 2. The van der Waals surface area contributed by atoms with E-state index in [1.807, 2.05) is 43.3 Å². The van der Waals surface area contributed by atoms with E-state index in [4.69, 9.17) is 27.6 Å². The summed E-state index contributed by atoms with van der Waals surface area (Å²) in [4.78, 5) is 64.0. The zero-order valence-corrected chi connectivity index (χ0v) is 53.4. The van der Waals surface area contributed by atoms with Crippen LogP contribution in [0.4, 0.5) is 26.1 Å². The minimum atomic E-state index is -0.654. The number of hydrogen-bond donors (Lipinski definition) is 0. The third kappa shape index (κ3) is 21.1. The number of hydrogen-bond acceptors (Lipinski definition) is 19. The molecule has 0 aliphatic carbocycles. The molecule has 436 valence electrons. The number of carbonyl (C=O) groups excluding carboxylic acids is 3. The van der Waals surface area contributed by atoms with Crippen molar-refractivity contribution in [3.63, 3.8) is 0 Å². The monoisotopic (exact) mass is 1170 g/mol. The van der Waals surface area contributed by atoms with Crippen LogP contribution in [0.15, 0.2) is 56.1 Å². The van der Waals surface area contributed by atoms with Crippen LogP contribution in [0.5, 0.6) is 0 Å². The number of carbonyl (C=O) groups is 3. The Morgan fingerprint density at radius 3 is 1.96 bits per heavy atom. The molecule has 0 fully saturated rings. The molecule has 0 spiro atoms. The van der Waals surface area contributed by atoms with E-state index < -0.39 is 11.9 Å². The lowest BCUT2D eigenvalue weighted by molar-refractivity contribution is -0.136. The van der Waals surface area contributed by atoms with Crippen LogP contribution in [-0.2, 0) is 29.3 Å². The Morgan fingerprint density at radius 1 is 0.812 bits per heavy atom. The Morgan fingerprint density at radius 2 is 1.41 bits per heavy atom. The van der Waals surface area contributed by atoms with Gasteiger partial charge >= 0.3 is 17.8 Å². The average molecular weight is 1170 g/mol. The van der Waals surface area contributed by atoms with Gasteiger partial charge in [-0.3, -0.25) is 4.79 Å². The predicted molar refractivity (Wildman–Crippen MR) is 333 cm³/mol.